The number of rotatable bonds is 3. The fourth-order valence-electron chi connectivity index (χ4n) is 0.824. The lowest BCUT2D eigenvalue weighted by molar-refractivity contribution is -0.139. The molecule has 14 heavy (non-hydrogen) atoms. The molecule has 0 aliphatic carbocycles. The third-order valence-corrected chi connectivity index (χ3v) is 1.54. The fraction of sp³-hybridized carbons (Fsp3) is 0.222. The second-order valence-corrected chi connectivity index (χ2v) is 2.50. The van der Waals surface area contributed by atoms with Crippen LogP contribution in [-0.2, 0) is 9.53 Å². The van der Waals surface area contributed by atoms with Crippen molar-refractivity contribution >= 4 is 11.9 Å². The molecule has 1 heterocycles. The Bertz CT molecular complexity index is 324. The predicted octanol–water partition coefficient (Wildman–Crippen LogP) is -0.0156. The number of aromatic nitrogens is 1. The summed E-state index contributed by atoms with van der Waals surface area (Å²) in [6.07, 6.45) is 2.99. The maximum Gasteiger partial charge on any atom is 0.325 e. The van der Waals surface area contributed by atoms with Crippen molar-refractivity contribution in [3.8, 4) is 0 Å². The Morgan fingerprint density at radius 1 is 1.57 bits per heavy atom. The maximum absolute atomic E-state index is 11.3. The topological polar surface area (TPSA) is 68.3 Å². The second kappa shape index (κ2) is 4.96. The monoisotopic (exact) mass is 194 g/mol. The van der Waals surface area contributed by atoms with Crippen LogP contribution in [0.25, 0.3) is 0 Å². The Hall–Kier alpha value is -1.91. The molecule has 0 fully saturated rings. The van der Waals surface area contributed by atoms with Gasteiger partial charge in [0.05, 0.1) is 12.7 Å². The summed E-state index contributed by atoms with van der Waals surface area (Å²) < 4.78 is 4.37. The smallest absolute Gasteiger partial charge is 0.325 e. The van der Waals surface area contributed by atoms with Crippen LogP contribution in [0.2, 0.25) is 0 Å². The van der Waals surface area contributed by atoms with E-state index < -0.39 is 5.97 Å². The Balaban J connectivity index is 2.48. The molecule has 1 rings (SSSR count). The summed E-state index contributed by atoms with van der Waals surface area (Å²) in [6.45, 7) is -0.135. The number of carbonyl (C=O) groups is 2. The average molecular weight is 194 g/mol. The highest BCUT2D eigenvalue weighted by atomic mass is 16.5. The van der Waals surface area contributed by atoms with E-state index in [1.54, 1.807) is 18.3 Å². The van der Waals surface area contributed by atoms with E-state index in [2.05, 4.69) is 15.0 Å². The molecule has 5 nitrogen and oxygen atoms in total. The second-order valence-electron chi connectivity index (χ2n) is 2.50. The van der Waals surface area contributed by atoms with Crippen LogP contribution >= 0.6 is 0 Å². The molecule has 1 aromatic rings. The van der Waals surface area contributed by atoms with Gasteiger partial charge < -0.3 is 10.1 Å². The number of ether oxygens (including phenoxy) is 1. The van der Waals surface area contributed by atoms with E-state index in [9.17, 15) is 9.59 Å². The minimum absolute atomic E-state index is 0.135. The summed E-state index contributed by atoms with van der Waals surface area (Å²) >= 11 is 0. The zero-order chi connectivity index (χ0) is 10.4. The zero-order valence-corrected chi connectivity index (χ0v) is 7.69. The van der Waals surface area contributed by atoms with Gasteiger partial charge in [-0.05, 0) is 12.1 Å². The fourth-order valence-corrected chi connectivity index (χ4v) is 0.824. The van der Waals surface area contributed by atoms with E-state index in [1.165, 1.54) is 13.3 Å². The van der Waals surface area contributed by atoms with E-state index in [4.69, 9.17) is 0 Å². The van der Waals surface area contributed by atoms with Crippen molar-refractivity contribution < 1.29 is 14.3 Å². The molecule has 0 radical (unpaired) electrons. The summed E-state index contributed by atoms with van der Waals surface area (Å²) in [4.78, 5) is 25.8. The summed E-state index contributed by atoms with van der Waals surface area (Å²) in [6, 6.07) is 3.26. The Labute approximate surface area is 81.1 Å². The highest BCUT2D eigenvalue weighted by molar-refractivity contribution is 5.95. The number of carbonyl (C=O) groups excluding carboxylic acids is 2. The summed E-state index contributed by atoms with van der Waals surface area (Å²) in [5.41, 5.74) is 0.413. The van der Waals surface area contributed by atoms with Crippen LogP contribution in [0.3, 0.4) is 0 Å². The molecular formula is C9H10N2O3. The van der Waals surface area contributed by atoms with Crippen molar-refractivity contribution in [2.45, 2.75) is 0 Å². The molecular weight excluding hydrogens is 184 g/mol. The van der Waals surface area contributed by atoms with Crippen LogP contribution in [0.4, 0.5) is 0 Å². The number of methoxy groups -OCH3 is 1. The molecule has 0 aromatic carbocycles. The van der Waals surface area contributed by atoms with E-state index >= 15 is 0 Å². The molecule has 0 aliphatic rings. The number of esters is 1. The van der Waals surface area contributed by atoms with Gasteiger partial charge >= 0.3 is 5.97 Å². The van der Waals surface area contributed by atoms with E-state index in [0.717, 1.165) is 0 Å². The van der Waals surface area contributed by atoms with Gasteiger partial charge in [0.2, 0.25) is 0 Å². The molecule has 0 saturated carbocycles. The normalized spacial score (nSPS) is 9.21. The van der Waals surface area contributed by atoms with Gasteiger partial charge in [-0.15, -0.1) is 0 Å². The number of hydrogen-bond acceptors (Lipinski definition) is 4. The first kappa shape index (κ1) is 10.2. The van der Waals surface area contributed by atoms with Gasteiger partial charge in [-0.25, -0.2) is 0 Å². The third-order valence-electron chi connectivity index (χ3n) is 1.54. The molecule has 1 N–H and O–H groups in total. The predicted molar refractivity (Wildman–Crippen MR) is 48.6 cm³/mol. The van der Waals surface area contributed by atoms with Crippen LogP contribution in [0.5, 0.6) is 0 Å². The number of nitrogens with one attached hydrogen (secondary N) is 1. The SMILES string of the molecule is COC(=O)CNC(=O)c1cccnc1. The third kappa shape index (κ3) is 2.85. The summed E-state index contributed by atoms with van der Waals surface area (Å²) in [7, 11) is 1.26. The highest BCUT2D eigenvalue weighted by Gasteiger charge is 2.06. The van der Waals surface area contributed by atoms with Crippen LogP contribution in [0, 0.1) is 0 Å². The molecule has 0 bridgehead atoms. The molecule has 0 aliphatic heterocycles. The van der Waals surface area contributed by atoms with Crippen molar-refractivity contribution in [2.24, 2.45) is 0 Å². The summed E-state index contributed by atoms with van der Waals surface area (Å²) in [5, 5.41) is 2.40. The van der Waals surface area contributed by atoms with Crippen LogP contribution in [0.1, 0.15) is 10.4 Å². The molecule has 74 valence electrons. The van der Waals surface area contributed by atoms with E-state index in [-0.39, 0.29) is 12.5 Å². The Kier molecular flexibility index (Phi) is 3.60. The minimum Gasteiger partial charge on any atom is -0.468 e. The van der Waals surface area contributed by atoms with Crippen molar-refractivity contribution in [1.82, 2.24) is 10.3 Å². The Morgan fingerprint density at radius 2 is 2.36 bits per heavy atom. The van der Waals surface area contributed by atoms with Gasteiger partial charge in [0.15, 0.2) is 0 Å². The number of hydrogen-bond donors (Lipinski definition) is 1. The first-order valence-corrected chi connectivity index (χ1v) is 3.99. The van der Waals surface area contributed by atoms with Crippen molar-refractivity contribution in [1.29, 1.82) is 0 Å². The van der Waals surface area contributed by atoms with Crippen molar-refractivity contribution in [3.63, 3.8) is 0 Å². The summed E-state index contributed by atoms with van der Waals surface area (Å²) in [5.74, 6) is -0.828. The van der Waals surface area contributed by atoms with Gasteiger partial charge in [0, 0.05) is 12.4 Å². The maximum atomic E-state index is 11.3. The van der Waals surface area contributed by atoms with Gasteiger partial charge in [-0.3, -0.25) is 14.6 Å². The Morgan fingerprint density at radius 3 is 2.93 bits per heavy atom. The largest absolute Gasteiger partial charge is 0.468 e. The first-order valence-electron chi connectivity index (χ1n) is 3.99. The first-order chi connectivity index (χ1) is 6.74. The molecule has 0 atom stereocenters. The molecule has 1 amide bonds. The molecule has 0 saturated heterocycles. The molecule has 5 heteroatoms. The highest BCUT2D eigenvalue weighted by Crippen LogP contribution is 1.94. The lowest BCUT2D eigenvalue weighted by Gasteiger charge is -2.02. The zero-order valence-electron chi connectivity index (χ0n) is 7.69. The number of amides is 1. The lowest BCUT2D eigenvalue weighted by Crippen LogP contribution is -2.30. The minimum atomic E-state index is -0.484. The van der Waals surface area contributed by atoms with Gasteiger partial charge in [0.1, 0.15) is 6.54 Å². The van der Waals surface area contributed by atoms with Crippen molar-refractivity contribution in [3.05, 3.63) is 30.1 Å². The lowest BCUT2D eigenvalue weighted by atomic mass is 10.3. The van der Waals surface area contributed by atoms with Crippen LogP contribution < -0.4 is 5.32 Å². The molecule has 0 unspecified atom stereocenters. The van der Waals surface area contributed by atoms with Gasteiger partial charge in [0.25, 0.3) is 5.91 Å². The van der Waals surface area contributed by atoms with E-state index in [1.807, 2.05) is 0 Å². The number of pyridine rings is 1. The molecule has 0 spiro atoms. The van der Waals surface area contributed by atoms with Crippen LogP contribution in [-0.4, -0.2) is 30.5 Å². The van der Waals surface area contributed by atoms with Crippen LogP contribution in [0.15, 0.2) is 24.5 Å². The van der Waals surface area contributed by atoms with Crippen molar-refractivity contribution in [2.75, 3.05) is 13.7 Å². The van der Waals surface area contributed by atoms with E-state index in [0.29, 0.717) is 5.56 Å². The number of nitrogens with zero attached hydrogens (tertiary/aromatic N) is 1. The quantitative estimate of drug-likeness (QED) is 0.687. The standard InChI is InChI=1S/C9H10N2O3/c1-14-8(12)6-11-9(13)7-3-2-4-10-5-7/h2-5H,6H2,1H3,(H,11,13). The van der Waals surface area contributed by atoms with Gasteiger partial charge in [-0.2, -0.15) is 0 Å². The van der Waals surface area contributed by atoms with Gasteiger partial charge in [-0.1, -0.05) is 0 Å². The molecule has 1 aromatic heterocycles. The average Bonchev–Trinajstić information content (AvgIpc) is 2.26.